The van der Waals surface area contributed by atoms with E-state index in [1.54, 1.807) is 4.90 Å². The van der Waals surface area contributed by atoms with E-state index >= 15 is 0 Å². The van der Waals surface area contributed by atoms with E-state index in [2.05, 4.69) is 25.9 Å². The molecule has 1 saturated heterocycles. The number of carbonyl (C=O) groups is 2. The average Bonchev–Trinajstić information content (AvgIpc) is 3.10. The summed E-state index contributed by atoms with van der Waals surface area (Å²) in [4.78, 5) is 33.3. The summed E-state index contributed by atoms with van der Waals surface area (Å²) in [6.07, 6.45) is 2.64. The normalized spacial score (nSPS) is 15.1. The summed E-state index contributed by atoms with van der Waals surface area (Å²) in [5.41, 5.74) is 3.61. The van der Waals surface area contributed by atoms with Crippen LogP contribution in [0.3, 0.4) is 0 Å². The molecule has 3 heterocycles. The fourth-order valence-electron chi connectivity index (χ4n) is 3.99. The van der Waals surface area contributed by atoms with Crippen molar-refractivity contribution in [3.05, 3.63) is 23.0 Å². The van der Waals surface area contributed by atoms with Gasteiger partial charge in [0.15, 0.2) is 5.65 Å². The molecule has 0 spiro atoms. The number of carbonyl (C=O) groups excluding carboxylic acids is 2. The smallest absolute Gasteiger partial charge is 0.410 e. The van der Waals surface area contributed by atoms with Crippen LogP contribution in [-0.2, 0) is 16.0 Å². The summed E-state index contributed by atoms with van der Waals surface area (Å²) in [7, 11) is 0. The lowest BCUT2D eigenvalue weighted by molar-refractivity contribution is -0.132. The number of aryl methyl sites for hydroxylation is 2. The van der Waals surface area contributed by atoms with Gasteiger partial charge in [0.1, 0.15) is 5.60 Å². The predicted molar refractivity (Wildman–Crippen MR) is 120 cm³/mol. The van der Waals surface area contributed by atoms with Crippen molar-refractivity contribution in [1.82, 2.24) is 24.6 Å². The molecule has 3 rings (SSSR count). The third-order valence-electron chi connectivity index (χ3n) is 5.70. The molecule has 0 atom stereocenters. The van der Waals surface area contributed by atoms with Crippen molar-refractivity contribution in [3.63, 3.8) is 0 Å². The molecule has 170 valence electrons. The SMILES string of the molecule is Cc1nc2c(cnn2C(C)C)c(C)c1CCC(=O)N1CCN(C(=O)OC(C)(C)C)CC1. The number of amides is 2. The largest absolute Gasteiger partial charge is 0.444 e. The first-order chi connectivity index (χ1) is 14.5. The molecule has 1 aliphatic rings. The number of hydrogen-bond acceptors (Lipinski definition) is 5. The molecule has 0 radical (unpaired) electrons. The fraction of sp³-hybridized carbons (Fsp3) is 0.652. The molecule has 8 nitrogen and oxygen atoms in total. The minimum absolute atomic E-state index is 0.112. The maximum Gasteiger partial charge on any atom is 0.410 e. The zero-order valence-electron chi connectivity index (χ0n) is 19.9. The molecule has 2 aromatic heterocycles. The van der Waals surface area contributed by atoms with E-state index in [-0.39, 0.29) is 18.0 Å². The van der Waals surface area contributed by atoms with Gasteiger partial charge in [-0.15, -0.1) is 0 Å². The van der Waals surface area contributed by atoms with Crippen molar-refractivity contribution < 1.29 is 14.3 Å². The molecule has 0 bridgehead atoms. The second kappa shape index (κ2) is 8.85. The number of nitrogens with zero attached hydrogens (tertiary/aromatic N) is 5. The molecule has 1 fully saturated rings. The van der Waals surface area contributed by atoms with Gasteiger partial charge in [-0.25, -0.2) is 14.5 Å². The number of ether oxygens (including phenoxy) is 1. The standard InChI is InChI=1S/C23H35N5O3/c1-15(2)28-21-19(14-24-28)16(3)18(17(4)25-21)8-9-20(29)26-10-12-27(13-11-26)22(30)31-23(5,6)7/h14-15H,8-13H2,1-7H3. The second-order valence-electron chi connectivity index (χ2n) is 9.57. The number of piperazine rings is 1. The van der Waals surface area contributed by atoms with Gasteiger partial charge in [-0.05, 0) is 66.0 Å². The van der Waals surface area contributed by atoms with Crippen LogP contribution in [0.15, 0.2) is 6.20 Å². The summed E-state index contributed by atoms with van der Waals surface area (Å²) in [6, 6.07) is 0.246. The van der Waals surface area contributed by atoms with Crippen molar-refractivity contribution in [1.29, 1.82) is 0 Å². The minimum Gasteiger partial charge on any atom is -0.444 e. The lowest BCUT2D eigenvalue weighted by atomic mass is 10.00. The van der Waals surface area contributed by atoms with Crippen molar-refractivity contribution in [3.8, 4) is 0 Å². The highest BCUT2D eigenvalue weighted by Gasteiger charge is 2.27. The summed E-state index contributed by atoms with van der Waals surface area (Å²) in [6.45, 7) is 15.9. The van der Waals surface area contributed by atoms with Gasteiger partial charge in [0.05, 0.1) is 6.20 Å². The van der Waals surface area contributed by atoms with Gasteiger partial charge in [-0.2, -0.15) is 5.10 Å². The van der Waals surface area contributed by atoms with E-state index in [0.717, 1.165) is 27.9 Å². The Labute approximate surface area is 184 Å². The number of hydrogen-bond donors (Lipinski definition) is 0. The number of rotatable bonds is 4. The van der Waals surface area contributed by atoms with Gasteiger partial charge in [-0.3, -0.25) is 4.79 Å². The molecule has 8 heteroatoms. The van der Waals surface area contributed by atoms with Gasteiger partial charge in [-0.1, -0.05) is 0 Å². The van der Waals surface area contributed by atoms with Gasteiger partial charge in [0, 0.05) is 49.7 Å². The molecule has 0 aliphatic carbocycles. The Bertz CT molecular complexity index is 966. The van der Waals surface area contributed by atoms with Crippen molar-refractivity contribution in [2.75, 3.05) is 26.2 Å². The van der Waals surface area contributed by atoms with Crippen LogP contribution < -0.4 is 0 Å². The van der Waals surface area contributed by atoms with E-state index in [9.17, 15) is 9.59 Å². The topological polar surface area (TPSA) is 80.6 Å². The van der Waals surface area contributed by atoms with E-state index in [1.807, 2.05) is 43.5 Å². The molecule has 0 aromatic carbocycles. The average molecular weight is 430 g/mol. The highest BCUT2D eigenvalue weighted by Crippen LogP contribution is 2.25. The zero-order valence-corrected chi connectivity index (χ0v) is 19.9. The monoisotopic (exact) mass is 429 g/mol. The van der Waals surface area contributed by atoms with E-state index in [0.29, 0.717) is 39.0 Å². The van der Waals surface area contributed by atoms with E-state index < -0.39 is 5.60 Å². The first kappa shape index (κ1) is 23.0. The zero-order chi connectivity index (χ0) is 22.9. The van der Waals surface area contributed by atoms with Crippen LogP contribution in [0, 0.1) is 13.8 Å². The summed E-state index contributed by atoms with van der Waals surface area (Å²) in [5.74, 6) is 0.112. The van der Waals surface area contributed by atoms with Crippen LogP contribution in [0.25, 0.3) is 11.0 Å². The quantitative estimate of drug-likeness (QED) is 0.741. The Morgan fingerprint density at radius 3 is 2.29 bits per heavy atom. The van der Waals surface area contributed by atoms with Gasteiger partial charge in [0.25, 0.3) is 0 Å². The molecule has 1 aliphatic heterocycles. The van der Waals surface area contributed by atoms with Crippen LogP contribution in [0.2, 0.25) is 0 Å². The molecule has 0 saturated carbocycles. The molecular weight excluding hydrogens is 394 g/mol. The van der Waals surface area contributed by atoms with Crippen LogP contribution in [-0.4, -0.2) is 68.3 Å². The summed E-state index contributed by atoms with van der Waals surface area (Å²) in [5, 5.41) is 5.54. The maximum atomic E-state index is 12.8. The molecule has 0 N–H and O–H groups in total. The Hall–Kier alpha value is -2.64. The van der Waals surface area contributed by atoms with E-state index in [1.165, 1.54) is 0 Å². The molecule has 2 aromatic rings. The molecule has 0 unspecified atom stereocenters. The first-order valence-corrected chi connectivity index (χ1v) is 11.1. The highest BCUT2D eigenvalue weighted by molar-refractivity contribution is 5.81. The van der Waals surface area contributed by atoms with Crippen molar-refractivity contribution in [2.24, 2.45) is 0 Å². The van der Waals surface area contributed by atoms with Crippen LogP contribution in [0.4, 0.5) is 4.79 Å². The number of pyridine rings is 1. The third-order valence-corrected chi connectivity index (χ3v) is 5.70. The van der Waals surface area contributed by atoms with Crippen molar-refractivity contribution >= 4 is 23.0 Å². The highest BCUT2D eigenvalue weighted by atomic mass is 16.6. The lowest BCUT2D eigenvalue weighted by Crippen LogP contribution is -2.51. The van der Waals surface area contributed by atoms with Gasteiger partial charge >= 0.3 is 6.09 Å². The third kappa shape index (κ3) is 5.17. The number of fused-ring (bicyclic) bond motifs is 1. The van der Waals surface area contributed by atoms with E-state index in [4.69, 9.17) is 9.72 Å². The Balaban J connectivity index is 1.60. The molecular formula is C23H35N5O3. The minimum atomic E-state index is -0.513. The van der Waals surface area contributed by atoms with Gasteiger partial charge in [0.2, 0.25) is 5.91 Å². The van der Waals surface area contributed by atoms with Crippen LogP contribution in [0.1, 0.15) is 63.9 Å². The molecule has 2 amide bonds. The predicted octanol–water partition coefficient (Wildman–Crippen LogP) is 3.64. The van der Waals surface area contributed by atoms with Crippen LogP contribution >= 0.6 is 0 Å². The summed E-state index contributed by atoms with van der Waals surface area (Å²) >= 11 is 0. The van der Waals surface area contributed by atoms with Crippen molar-refractivity contribution in [2.45, 2.75) is 73.0 Å². The molecule has 31 heavy (non-hydrogen) atoms. The van der Waals surface area contributed by atoms with Gasteiger partial charge < -0.3 is 14.5 Å². The summed E-state index contributed by atoms with van der Waals surface area (Å²) < 4.78 is 7.36. The fourth-order valence-corrected chi connectivity index (χ4v) is 3.99. The lowest BCUT2D eigenvalue weighted by Gasteiger charge is -2.35. The first-order valence-electron chi connectivity index (χ1n) is 11.1. The Morgan fingerprint density at radius 2 is 1.71 bits per heavy atom. The number of aromatic nitrogens is 3. The maximum absolute atomic E-state index is 12.8. The second-order valence-corrected chi connectivity index (χ2v) is 9.57. The Kier molecular flexibility index (Phi) is 6.57. The Morgan fingerprint density at radius 1 is 1.10 bits per heavy atom. The van der Waals surface area contributed by atoms with Crippen LogP contribution in [0.5, 0.6) is 0 Å².